The molecule has 1 amide bonds. The first-order chi connectivity index (χ1) is 17.9. The normalized spacial score (nSPS) is 16.2. The highest BCUT2D eigenvalue weighted by Gasteiger charge is 2.50. The average Bonchev–Trinajstić information content (AvgIpc) is 3.48. The molecule has 3 aromatic rings. The molecule has 0 aliphatic carbocycles. The molecule has 38 heavy (non-hydrogen) atoms. The average molecular weight is 587 g/mol. The molecular weight excluding hydrogens is 561 g/mol. The van der Waals surface area contributed by atoms with Gasteiger partial charge in [-0.05, 0) is 55.5 Å². The van der Waals surface area contributed by atoms with Gasteiger partial charge in [-0.2, -0.15) is 21.6 Å². The second-order valence-electron chi connectivity index (χ2n) is 9.42. The van der Waals surface area contributed by atoms with E-state index < -0.39 is 28.0 Å². The third-order valence-corrected chi connectivity index (χ3v) is 8.89. The van der Waals surface area contributed by atoms with Crippen LogP contribution in [-0.4, -0.2) is 42.9 Å². The van der Waals surface area contributed by atoms with Gasteiger partial charge in [0.15, 0.2) is 0 Å². The van der Waals surface area contributed by atoms with Gasteiger partial charge in [0.1, 0.15) is 5.01 Å². The standard InChI is InChI=1S/C25H26ClF3N4O3S2/c1-15(2)11-18-12-17(6-8-30-18)24-32-22(14-37-24)20-4-3-19(13-21(20)26)33(38(35,36)25(27,28)29)10-7-16-5-9-31-23(16)34/h3-4,6,8,12-16H,5,7,9-11H2,1-2H3,(H,31,34). The molecule has 1 aliphatic heterocycles. The molecule has 1 fully saturated rings. The molecule has 204 valence electrons. The zero-order chi connectivity index (χ0) is 27.7. The number of thiazole rings is 1. The van der Waals surface area contributed by atoms with Crippen LogP contribution in [0.3, 0.4) is 0 Å². The summed E-state index contributed by atoms with van der Waals surface area (Å²) in [5.74, 6) is -0.413. The van der Waals surface area contributed by atoms with E-state index in [-0.39, 0.29) is 27.3 Å². The largest absolute Gasteiger partial charge is 0.516 e. The van der Waals surface area contributed by atoms with Crippen molar-refractivity contribution in [3.05, 3.63) is 52.6 Å². The number of aromatic nitrogens is 2. The van der Waals surface area contributed by atoms with E-state index in [0.717, 1.165) is 22.7 Å². The van der Waals surface area contributed by atoms with E-state index in [0.29, 0.717) is 30.1 Å². The molecule has 13 heteroatoms. The monoisotopic (exact) mass is 586 g/mol. The summed E-state index contributed by atoms with van der Waals surface area (Å²) >= 11 is 7.83. The molecule has 2 aromatic heterocycles. The highest BCUT2D eigenvalue weighted by molar-refractivity contribution is 7.93. The molecule has 1 saturated heterocycles. The van der Waals surface area contributed by atoms with E-state index in [4.69, 9.17) is 11.6 Å². The van der Waals surface area contributed by atoms with Gasteiger partial charge >= 0.3 is 15.5 Å². The predicted molar refractivity (Wildman–Crippen MR) is 142 cm³/mol. The Kier molecular flexibility index (Phi) is 8.34. The van der Waals surface area contributed by atoms with Gasteiger partial charge in [-0.15, -0.1) is 11.3 Å². The van der Waals surface area contributed by atoms with E-state index in [1.54, 1.807) is 11.6 Å². The third-order valence-electron chi connectivity index (χ3n) is 6.13. The summed E-state index contributed by atoms with van der Waals surface area (Å²) in [6.45, 7) is 4.10. The molecule has 4 rings (SSSR count). The van der Waals surface area contributed by atoms with Crippen molar-refractivity contribution in [2.24, 2.45) is 11.8 Å². The lowest BCUT2D eigenvalue weighted by Gasteiger charge is -2.26. The van der Waals surface area contributed by atoms with Gasteiger partial charge in [-0.25, -0.2) is 4.98 Å². The summed E-state index contributed by atoms with van der Waals surface area (Å²) in [6.07, 6.45) is 2.92. The van der Waals surface area contributed by atoms with Gasteiger partial charge in [0.2, 0.25) is 5.91 Å². The fraction of sp³-hybridized carbons (Fsp3) is 0.400. The minimum Gasteiger partial charge on any atom is -0.356 e. The number of carbonyl (C=O) groups is 1. The minimum atomic E-state index is -5.72. The van der Waals surface area contributed by atoms with Crippen molar-refractivity contribution in [2.45, 2.75) is 38.6 Å². The number of carbonyl (C=O) groups excluding carboxylic acids is 1. The molecule has 0 saturated carbocycles. The Morgan fingerprint density at radius 2 is 2.00 bits per heavy atom. The molecule has 7 nitrogen and oxygen atoms in total. The number of rotatable bonds is 9. The fourth-order valence-electron chi connectivity index (χ4n) is 4.24. The van der Waals surface area contributed by atoms with E-state index in [1.807, 2.05) is 12.1 Å². The Morgan fingerprint density at radius 1 is 1.24 bits per heavy atom. The SMILES string of the molecule is CC(C)Cc1cc(-c2nc(-c3ccc(N(CCC4CCNC4=O)S(=O)(=O)C(F)(F)F)cc3Cl)cs2)ccn1. The van der Waals surface area contributed by atoms with Gasteiger partial charge in [-0.3, -0.25) is 14.1 Å². The van der Waals surface area contributed by atoms with Crippen LogP contribution < -0.4 is 9.62 Å². The van der Waals surface area contributed by atoms with Crippen molar-refractivity contribution in [3.63, 3.8) is 0 Å². The number of benzene rings is 1. The zero-order valence-corrected chi connectivity index (χ0v) is 23.0. The van der Waals surface area contributed by atoms with Crippen molar-refractivity contribution < 1.29 is 26.4 Å². The maximum Gasteiger partial charge on any atom is 0.516 e. The minimum absolute atomic E-state index is 0.0514. The van der Waals surface area contributed by atoms with Gasteiger partial charge in [0, 0.05) is 47.4 Å². The summed E-state index contributed by atoms with van der Waals surface area (Å²) in [5, 5.41) is 5.16. The second kappa shape index (κ2) is 11.2. The topological polar surface area (TPSA) is 92.3 Å². The van der Waals surface area contributed by atoms with Crippen molar-refractivity contribution in [3.8, 4) is 21.8 Å². The highest BCUT2D eigenvalue weighted by Crippen LogP contribution is 2.38. The lowest BCUT2D eigenvalue weighted by Crippen LogP contribution is -2.42. The number of alkyl halides is 3. The van der Waals surface area contributed by atoms with Crippen LogP contribution >= 0.6 is 22.9 Å². The van der Waals surface area contributed by atoms with Gasteiger partial charge in [0.25, 0.3) is 0 Å². The lowest BCUT2D eigenvalue weighted by atomic mass is 10.0. The van der Waals surface area contributed by atoms with Gasteiger partial charge in [0.05, 0.1) is 16.4 Å². The predicted octanol–water partition coefficient (Wildman–Crippen LogP) is 5.91. The molecule has 3 heterocycles. The number of nitrogens with zero attached hydrogens (tertiary/aromatic N) is 3. The van der Waals surface area contributed by atoms with Crippen LogP contribution in [0.15, 0.2) is 41.9 Å². The number of nitrogens with one attached hydrogen (secondary N) is 1. The smallest absolute Gasteiger partial charge is 0.356 e. The molecule has 0 radical (unpaired) electrons. The molecule has 1 unspecified atom stereocenters. The van der Waals surface area contributed by atoms with Crippen molar-refractivity contribution >= 4 is 44.6 Å². The fourth-order valence-corrected chi connectivity index (χ4v) is 6.32. The van der Waals surface area contributed by atoms with Crippen molar-refractivity contribution in [1.82, 2.24) is 15.3 Å². The molecule has 1 aliphatic rings. The quantitative estimate of drug-likeness (QED) is 0.337. The third kappa shape index (κ3) is 6.13. The number of amides is 1. The molecule has 1 atom stereocenters. The van der Waals surface area contributed by atoms with Crippen molar-refractivity contribution in [2.75, 3.05) is 17.4 Å². The van der Waals surface area contributed by atoms with Gasteiger partial charge in [-0.1, -0.05) is 25.4 Å². The van der Waals surface area contributed by atoms with Crippen LogP contribution in [0.2, 0.25) is 5.02 Å². The zero-order valence-electron chi connectivity index (χ0n) is 20.6. The number of pyridine rings is 1. The van der Waals surface area contributed by atoms with Crippen LogP contribution in [0.4, 0.5) is 18.9 Å². The number of hydrogen-bond donors (Lipinski definition) is 1. The van der Waals surface area contributed by atoms with E-state index in [2.05, 4.69) is 29.1 Å². The maximum absolute atomic E-state index is 13.5. The Balaban J connectivity index is 1.62. The molecule has 0 bridgehead atoms. The molecule has 1 N–H and O–H groups in total. The van der Waals surface area contributed by atoms with Crippen molar-refractivity contribution in [1.29, 1.82) is 0 Å². The number of anilines is 1. The number of halogens is 4. The number of hydrogen-bond acceptors (Lipinski definition) is 6. The summed E-state index contributed by atoms with van der Waals surface area (Å²) in [7, 11) is -5.72. The maximum atomic E-state index is 13.5. The molecular formula is C25H26ClF3N4O3S2. The van der Waals surface area contributed by atoms with E-state index in [1.165, 1.54) is 29.5 Å². The Labute approximate surface area is 228 Å². The van der Waals surface area contributed by atoms with Crippen LogP contribution in [0.5, 0.6) is 0 Å². The van der Waals surface area contributed by atoms with E-state index >= 15 is 0 Å². The van der Waals surface area contributed by atoms with Crippen LogP contribution in [0, 0.1) is 11.8 Å². The first kappa shape index (κ1) is 28.3. The lowest BCUT2D eigenvalue weighted by molar-refractivity contribution is -0.122. The summed E-state index contributed by atoms with van der Waals surface area (Å²) in [5.41, 5.74) is -2.96. The Morgan fingerprint density at radius 3 is 2.63 bits per heavy atom. The molecule has 1 aromatic carbocycles. The van der Waals surface area contributed by atoms with Gasteiger partial charge < -0.3 is 5.32 Å². The second-order valence-corrected chi connectivity index (χ2v) is 12.5. The summed E-state index contributed by atoms with van der Waals surface area (Å²) in [4.78, 5) is 20.9. The number of sulfonamides is 1. The van der Waals surface area contributed by atoms with Crippen LogP contribution in [0.1, 0.15) is 32.4 Å². The Hall–Kier alpha value is -2.70. The van der Waals surface area contributed by atoms with Crippen LogP contribution in [-0.2, 0) is 21.2 Å². The highest BCUT2D eigenvalue weighted by atomic mass is 35.5. The summed E-state index contributed by atoms with van der Waals surface area (Å²) < 4.78 is 65.6. The molecule has 0 spiro atoms. The first-order valence-electron chi connectivity index (χ1n) is 11.9. The summed E-state index contributed by atoms with van der Waals surface area (Å²) in [6, 6.07) is 7.72. The first-order valence-corrected chi connectivity index (χ1v) is 14.6. The van der Waals surface area contributed by atoms with Crippen LogP contribution in [0.25, 0.3) is 21.8 Å². The Bertz CT molecular complexity index is 1430. The van der Waals surface area contributed by atoms with E-state index in [9.17, 15) is 26.4 Å².